The SMILES string of the molecule is C#CCN(CC1CC1)C(=O)/C=C/c1ccc(C)o1. The highest BCUT2D eigenvalue weighted by molar-refractivity contribution is 5.91. The van der Waals surface area contributed by atoms with Crippen LogP contribution in [0.1, 0.15) is 24.4 Å². The molecule has 3 nitrogen and oxygen atoms in total. The van der Waals surface area contributed by atoms with Gasteiger partial charge in [-0.05, 0) is 43.9 Å². The lowest BCUT2D eigenvalue weighted by Crippen LogP contribution is -2.31. The molecule has 1 heterocycles. The second-order valence-corrected chi connectivity index (χ2v) is 4.65. The summed E-state index contributed by atoms with van der Waals surface area (Å²) < 4.78 is 5.37. The van der Waals surface area contributed by atoms with Gasteiger partial charge in [-0.15, -0.1) is 6.42 Å². The van der Waals surface area contributed by atoms with Crippen molar-refractivity contribution in [2.75, 3.05) is 13.1 Å². The topological polar surface area (TPSA) is 33.5 Å². The fourth-order valence-corrected chi connectivity index (χ4v) is 1.76. The van der Waals surface area contributed by atoms with Crippen LogP contribution in [0.2, 0.25) is 0 Å². The Morgan fingerprint density at radius 3 is 2.94 bits per heavy atom. The van der Waals surface area contributed by atoms with E-state index >= 15 is 0 Å². The van der Waals surface area contributed by atoms with E-state index in [-0.39, 0.29) is 5.91 Å². The molecule has 0 bridgehead atoms. The van der Waals surface area contributed by atoms with E-state index in [1.54, 1.807) is 11.0 Å². The second-order valence-electron chi connectivity index (χ2n) is 4.65. The van der Waals surface area contributed by atoms with Crippen LogP contribution in [0.25, 0.3) is 6.08 Å². The standard InChI is InChI=1S/C15H17NO2/c1-3-10-16(11-13-5-6-13)15(17)9-8-14-7-4-12(2)18-14/h1,4,7-9,13H,5-6,10-11H2,2H3/b9-8+. The summed E-state index contributed by atoms with van der Waals surface area (Å²) in [5.74, 6) is 4.65. The molecule has 1 aromatic heterocycles. The average molecular weight is 243 g/mol. The Balaban J connectivity index is 1.95. The third-order valence-electron chi connectivity index (χ3n) is 2.92. The van der Waals surface area contributed by atoms with Crippen LogP contribution >= 0.6 is 0 Å². The van der Waals surface area contributed by atoms with Crippen LogP contribution in [0.4, 0.5) is 0 Å². The van der Waals surface area contributed by atoms with Crippen molar-refractivity contribution in [2.24, 2.45) is 5.92 Å². The Bertz CT molecular complexity index is 489. The predicted molar refractivity (Wildman–Crippen MR) is 70.6 cm³/mol. The van der Waals surface area contributed by atoms with E-state index in [4.69, 9.17) is 10.8 Å². The zero-order chi connectivity index (χ0) is 13.0. The van der Waals surface area contributed by atoms with Crippen molar-refractivity contribution in [3.8, 4) is 12.3 Å². The minimum absolute atomic E-state index is 0.0473. The molecule has 94 valence electrons. The highest BCUT2D eigenvalue weighted by Crippen LogP contribution is 2.29. The maximum Gasteiger partial charge on any atom is 0.247 e. The molecule has 3 heteroatoms. The van der Waals surface area contributed by atoms with Crippen LogP contribution in [0, 0.1) is 25.2 Å². The largest absolute Gasteiger partial charge is 0.462 e. The third-order valence-corrected chi connectivity index (χ3v) is 2.92. The molecule has 1 amide bonds. The molecule has 1 fully saturated rings. The molecular formula is C15H17NO2. The normalized spacial score (nSPS) is 14.7. The quantitative estimate of drug-likeness (QED) is 0.588. The molecule has 0 aliphatic heterocycles. The van der Waals surface area contributed by atoms with E-state index in [1.807, 2.05) is 19.1 Å². The monoisotopic (exact) mass is 243 g/mol. The number of nitrogens with zero attached hydrogens (tertiary/aromatic N) is 1. The molecule has 0 radical (unpaired) electrons. The number of carbonyl (C=O) groups excluding carboxylic acids is 1. The van der Waals surface area contributed by atoms with Crippen LogP contribution in [0.15, 0.2) is 22.6 Å². The zero-order valence-electron chi connectivity index (χ0n) is 10.6. The summed E-state index contributed by atoms with van der Waals surface area (Å²) in [6.45, 7) is 3.01. The lowest BCUT2D eigenvalue weighted by atomic mass is 10.3. The van der Waals surface area contributed by atoms with Crippen LogP contribution in [-0.2, 0) is 4.79 Å². The predicted octanol–water partition coefficient (Wildman–Crippen LogP) is 2.47. The molecular weight excluding hydrogens is 226 g/mol. The first-order chi connectivity index (χ1) is 8.69. The van der Waals surface area contributed by atoms with E-state index < -0.39 is 0 Å². The van der Waals surface area contributed by atoms with Crippen molar-refractivity contribution in [1.29, 1.82) is 0 Å². The van der Waals surface area contributed by atoms with Gasteiger partial charge in [0.25, 0.3) is 0 Å². The number of aryl methyl sites for hydroxylation is 1. The van der Waals surface area contributed by atoms with Gasteiger partial charge in [-0.25, -0.2) is 0 Å². The minimum Gasteiger partial charge on any atom is -0.462 e. The maximum absolute atomic E-state index is 12.0. The Kier molecular flexibility index (Phi) is 3.88. The molecule has 1 aliphatic rings. The Morgan fingerprint density at radius 2 is 2.39 bits per heavy atom. The number of amides is 1. The van der Waals surface area contributed by atoms with E-state index in [9.17, 15) is 4.79 Å². The van der Waals surface area contributed by atoms with Gasteiger partial charge in [-0.3, -0.25) is 4.79 Å². The lowest BCUT2D eigenvalue weighted by Gasteiger charge is -2.17. The zero-order valence-corrected chi connectivity index (χ0v) is 10.6. The van der Waals surface area contributed by atoms with Gasteiger partial charge in [-0.2, -0.15) is 0 Å². The molecule has 0 saturated heterocycles. The number of hydrogen-bond acceptors (Lipinski definition) is 2. The fraction of sp³-hybridized carbons (Fsp3) is 0.400. The number of carbonyl (C=O) groups is 1. The average Bonchev–Trinajstić information content (AvgIpc) is 3.07. The van der Waals surface area contributed by atoms with Crippen molar-refractivity contribution in [3.05, 3.63) is 29.7 Å². The molecule has 1 aliphatic carbocycles. The van der Waals surface area contributed by atoms with Crippen LogP contribution < -0.4 is 0 Å². The van der Waals surface area contributed by atoms with Gasteiger partial charge < -0.3 is 9.32 Å². The summed E-state index contributed by atoms with van der Waals surface area (Å²) in [4.78, 5) is 13.7. The smallest absolute Gasteiger partial charge is 0.247 e. The maximum atomic E-state index is 12.0. The highest BCUT2D eigenvalue weighted by atomic mass is 16.3. The molecule has 0 atom stereocenters. The van der Waals surface area contributed by atoms with E-state index in [2.05, 4.69) is 5.92 Å². The van der Waals surface area contributed by atoms with Crippen molar-refractivity contribution < 1.29 is 9.21 Å². The summed E-state index contributed by atoms with van der Waals surface area (Å²) in [6, 6.07) is 3.71. The van der Waals surface area contributed by atoms with Crippen molar-refractivity contribution in [3.63, 3.8) is 0 Å². The van der Waals surface area contributed by atoms with Gasteiger partial charge in [0.2, 0.25) is 5.91 Å². The fourth-order valence-electron chi connectivity index (χ4n) is 1.76. The third kappa shape index (κ3) is 3.53. The molecule has 0 unspecified atom stereocenters. The molecule has 1 saturated carbocycles. The Morgan fingerprint density at radius 1 is 1.61 bits per heavy atom. The number of furan rings is 1. The first-order valence-corrected chi connectivity index (χ1v) is 6.16. The lowest BCUT2D eigenvalue weighted by molar-refractivity contribution is -0.125. The molecule has 0 aromatic carbocycles. The van der Waals surface area contributed by atoms with Crippen molar-refractivity contribution in [1.82, 2.24) is 4.90 Å². The second kappa shape index (κ2) is 5.59. The van der Waals surface area contributed by atoms with Gasteiger partial charge >= 0.3 is 0 Å². The Labute approximate surface area is 107 Å². The number of hydrogen-bond donors (Lipinski definition) is 0. The summed E-state index contributed by atoms with van der Waals surface area (Å²) >= 11 is 0. The van der Waals surface area contributed by atoms with Gasteiger partial charge in [-0.1, -0.05) is 5.92 Å². The Hall–Kier alpha value is -1.95. The van der Waals surface area contributed by atoms with E-state index in [1.165, 1.54) is 18.9 Å². The van der Waals surface area contributed by atoms with Gasteiger partial charge in [0, 0.05) is 12.6 Å². The first-order valence-electron chi connectivity index (χ1n) is 6.16. The van der Waals surface area contributed by atoms with Crippen LogP contribution in [0.5, 0.6) is 0 Å². The summed E-state index contributed by atoms with van der Waals surface area (Å²) in [6.07, 6.45) is 10.9. The summed E-state index contributed by atoms with van der Waals surface area (Å²) in [7, 11) is 0. The molecule has 2 rings (SSSR count). The molecule has 0 N–H and O–H groups in total. The number of rotatable bonds is 5. The van der Waals surface area contributed by atoms with Gasteiger partial charge in [0.05, 0.1) is 6.54 Å². The van der Waals surface area contributed by atoms with E-state index in [0.29, 0.717) is 18.2 Å². The van der Waals surface area contributed by atoms with Gasteiger partial charge in [0.15, 0.2) is 0 Å². The first kappa shape index (κ1) is 12.5. The van der Waals surface area contributed by atoms with Crippen molar-refractivity contribution >= 4 is 12.0 Å². The number of terminal acetylenes is 1. The molecule has 0 spiro atoms. The van der Waals surface area contributed by atoms with Crippen LogP contribution in [-0.4, -0.2) is 23.9 Å². The summed E-state index contributed by atoms with van der Waals surface area (Å²) in [5, 5.41) is 0. The van der Waals surface area contributed by atoms with Crippen LogP contribution in [0.3, 0.4) is 0 Å². The minimum atomic E-state index is -0.0473. The summed E-state index contributed by atoms with van der Waals surface area (Å²) in [5.41, 5.74) is 0. The highest BCUT2D eigenvalue weighted by Gasteiger charge is 2.25. The van der Waals surface area contributed by atoms with Crippen molar-refractivity contribution in [2.45, 2.75) is 19.8 Å². The van der Waals surface area contributed by atoms with Gasteiger partial charge in [0.1, 0.15) is 11.5 Å². The van der Waals surface area contributed by atoms with E-state index in [0.717, 1.165) is 12.3 Å². The molecule has 18 heavy (non-hydrogen) atoms. The molecule has 1 aromatic rings.